The van der Waals surface area contributed by atoms with Crippen LogP contribution in [0.25, 0.3) is 0 Å². The second-order valence-electron chi connectivity index (χ2n) is 3.93. The van der Waals surface area contributed by atoms with Gasteiger partial charge in [-0.25, -0.2) is 4.39 Å². The minimum absolute atomic E-state index is 0.291. The Hall–Kier alpha value is -1.30. The summed E-state index contributed by atoms with van der Waals surface area (Å²) in [4.78, 5) is 1.74. The summed E-state index contributed by atoms with van der Waals surface area (Å²) in [6, 6.07) is 2.65. The second-order valence-corrected chi connectivity index (χ2v) is 3.93. The van der Waals surface area contributed by atoms with Gasteiger partial charge in [-0.2, -0.15) is 13.2 Å². The molecule has 0 amide bonds. The first kappa shape index (κ1) is 12.2. The maximum Gasteiger partial charge on any atom is 0.416 e. The molecule has 0 bridgehead atoms. The van der Waals surface area contributed by atoms with E-state index in [1.54, 1.807) is 4.90 Å². The Morgan fingerprint density at radius 3 is 2.29 bits per heavy atom. The molecule has 1 aliphatic rings. The minimum atomic E-state index is -4.51. The van der Waals surface area contributed by atoms with Gasteiger partial charge in [0, 0.05) is 31.9 Å². The van der Waals surface area contributed by atoms with Crippen molar-refractivity contribution in [3.8, 4) is 0 Å². The SMILES string of the molecule is Fc1cc(N2CCNCC2)cc(C(F)(F)F)c1. The first-order valence-corrected chi connectivity index (χ1v) is 5.30. The van der Waals surface area contributed by atoms with Crippen LogP contribution in [0.15, 0.2) is 18.2 Å². The molecule has 1 N–H and O–H groups in total. The molecular formula is C11H12F4N2. The molecule has 2 rings (SSSR count). The normalized spacial score (nSPS) is 17.3. The Morgan fingerprint density at radius 1 is 1.06 bits per heavy atom. The number of rotatable bonds is 1. The third-order valence-electron chi connectivity index (χ3n) is 2.69. The minimum Gasteiger partial charge on any atom is -0.369 e. The molecule has 1 aromatic carbocycles. The van der Waals surface area contributed by atoms with Crippen molar-refractivity contribution >= 4 is 5.69 Å². The van der Waals surface area contributed by atoms with Gasteiger partial charge in [-0.05, 0) is 18.2 Å². The Labute approximate surface area is 96.2 Å². The van der Waals surface area contributed by atoms with E-state index >= 15 is 0 Å². The fourth-order valence-corrected chi connectivity index (χ4v) is 1.84. The standard InChI is InChI=1S/C11H12F4N2/c12-9-5-8(11(13,14)15)6-10(7-9)17-3-1-16-2-4-17/h5-7,16H,1-4H2. The summed E-state index contributed by atoms with van der Waals surface area (Å²) in [6.45, 7) is 2.55. The fourth-order valence-electron chi connectivity index (χ4n) is 1.84. The van der Waals surface area contributed by atoms with Crippen LogP contribution in [0.2, 0.25) is 0 Å². The second kappa shape index (κ2) is 4.52. The Kier molecular flexibility index (Phi) is 3.24. The molecular weight excluding hydrogens is 236 g/mol. The van der Waals surface area contributed by atoms with E-state index in [1.807, 2.05) is 0 Å². The highest BCUT2D eigenvalue weighted by molar-refractivity contribution is 5.50. The third-order valence-corrected chi connectivity index (χ3v) is 2.69. The topological polar surface area (TPSA) is 15.3 Å². The van der Waals surface area contributed by atoms with E-state index < -0.39 is 17.6 Å². The van der Waals surface area contributed by atoms with Crippen LogP contribution in [0.5, 0.6) is 0 Å². The van der Waals surface area contributed by atoms with Gasteiger partial charge in [0.05, 0.1) is 5.56 Å². The maximum absolute atomic E-state index is 13.2. The van der Waals surface area contributed by atoms with E-state index in [0.29, 0.717) is 37.9 Å². The smallest absolute Gasteiger partial charge is 0.369 e. The molecule has 0 saturated carbocycles. The van der Waals surface area contributed by atoms with Crippen molar-refractivity contribution in [1.29, 1.82) is 0 Å². The molecule has 17 heavy (non-hydrogen) atoms. The molecule has 0 unspecified atom stereocenters. The molecule has 0 atom stereocenters. The van der Waals surface area contributed by atoms with Gasteiger partial charge in [-0.1, -0.05) is 0 Å². The highest BCUT2D eigenvalue weighted by Gasteiger charge is 2.31. The number of alkyl halides is 3. The fraction of sp³-hybridized carbons (Fsp3) is 0.455. The average Bonchev–Trinajstić information content (AvgIpc) is 2.28. The molecule has 0 radical (unpaired) electrons. The predicted molar refractivity (Wildman–Crippen MR) is 56.5 cm³/mol. The van der Waals surface area contributed by atoms with E-state index in [-0.39, 0.29) is 0 Å². The largest absolute Gasteiger partial charge is 0.416 e. The van der Waals surface area contributed by atoms with Gasteiger partial charge >= 0.3 is 6.18 Å². The van der Waals surface area contributed by atoms with E-state index in [0.717, 1.165) is 12.1 Å². The van der Waals surface area contributed by atoms with Gasteiger partial charge in [0.25, 0.3) is 0 Å². The molecule has 6 heteroatoms. The molecule has 1 aromatic rings. The van der Waals surface area contributed by atoms with Crippen LogP contribution in [0.4, 0.5) is 23.2 Å². The summed E-state index contributed by atoms with van der Waals surface area (Å²) < 4.78 is 50.7. The number of anilines is 1. The number of nitrogens with zero attached hydrogens (tertiary/aromatic N) is 1. The van der Waals surface area contributed by atoms with Crippen molar-refractivity contribution in [2.24, 2.45) is 0 Å². The van der Waals surface area contributed by atoms with E-state index in [1.165, 1.54) is 0 Å². The Balaban J connectivity index is 2.31. The van der Waals surface area contributed by atoms with Crippen molar-refractivity contribution in [2.45, 2.75) is 6.18 Å². The van der Waals surface area contributed by atoms with Crippen molar-refractivity contribution in [2.75, 3.05) is 31.1 Å². The van der Waals surface area contributed by atoms with E-state index in [9.17, 15) is 17.6 Å². The number of halogens is 4. The molecule has 1 fully saturated rings. The van der Waals surface area contributed by atoms with Crippen LogP contribution in [0.1, 0.15) is 5.56 Å². The summed E-state index contributed by atoms with van der Waals surface area (Å²) in [6.07, 6.45) is -4.51. The van der Waals surface area contributed by atoms with Crippen LogP contribution in [0, 0.1) is 5.82 Å². The number of piperazine rings is 1. The van der Waals surface area contributed by atoms with Gasteiger partial charge in [-0.15, -0.1) is 0 Å². The number of hydrogen-bond acceptors (Lipinski definition) is 2. The van der Waals surface area contributed by atoms with Gasteiger partial charge in [0.2, 0.25) is 0 Å². The molecule has 1 heterocycles. The van der Waals surface area contributed by atoms with Crippen molar-refractivity contribution in [3.05, 3.63) is 29.6 Å². The lowest BCUT2D eigenvalue weighted by molar-refractivity contribution is -0.137. The van der Waals surface area contributed by atoms with Crippen LogP contribution < -0.4 is 10.2 Å². The van der Waals surface area contributed by atoms with Gasteiger partial charge in [0.15, 0.2) is 0 Å². The van der Waals surface area contributed by atoms with Crippen LogP contribution in [-0.4, -0.2) is 26.2 Å². The average molecular weight is 248 g/mol. The number of benzene rings is 1. The number of nitrogens with one attached hydrogen (secondary N) is 1. The van der Waals surface area contributed by atoms with E-state index in [4.69, 9.17) is 0 Å². The zero-order chi connectivity index (χ0) is 12.5. The van der Waals surface area contributed by atoms with Crippen LogP contribution in [0.3, 0.4) is 0 Å². The lowest BCUT2D eigenvalue weighted by Gasteiger charge is -2.29. The van der Waals surface area contributed by atoms with Crippen LogP contribution >= 0.6 is 0 Å². The first-order valence-electron chi connectivity index (χ1n) is 5.30. The third kappa shape index (κ3) is 2.88. The molecule has 2 nitrogen and oxygen atoms in total. The van der Waals surface area contributed by atoms with Gasteiger partial charge in [-0.3, -0.25) is 0 Å². The highest BCUT2D eigenvalue weighted by atomic mass is 19.4. The predicted octanol–water partition coefficient (Wildman–Crippen LogP) is 2.25. The van der Waals surface area contributed by atoms with Crippen molar-refractivity contribution < 1.29 is 17.6 Å². The zero-order valence-corrected chi connectivity index (χ0v) is 9.02. The summed E-state index contributed by atoms with van der Waals surface area (Å²) in [5.41, 5.74) is -0.648. The quantitative estimate of drug-likeness (QED) is 0.767. The van der Waals surface area contributed by atoms with E-state index in [2.05, 4.69) is 5.32 Å². The Morgan fingerprint density at radius 2 is 1.71 bits per heavy atom. The van der Waals surface area contributed by atoms with Crippen molar-refractivity contribution in [3.63, 3.8) is 0 Å². The molecule has 1 saturated heterocycles. The number of hydrogen-bond donors (Lipinski definition) is 1. The molecule has 1 aliphatic heterocycles. The molecule has 94 valence electrons. The molecule has 0 spiro atoms. The highest BCUT2D eigenvalue weighted by Crippen LogP contribution is 2.32. The monoisotopic (exact) mass is 248 g/mol. The van der Waals surface area contributed by atoms with Crippen LogP contribution in [-0.2, 0) is 6.18 Å². The van der Waals surface area contributed by atoms with Crippen molar-refractivity contribution in [1.82, 2.24) is 5.32 Å². The Bertz CT molecular complexity index is 397. The summed E-state index contributed by atoms with van der Waals surface area (Å²) >= 11 is 0. The molecule has 0 aliphatic carbocycles. The lowest BCUT2D eigenvalue weighted by atomic mass is 10.1. The summed E-state index contributed by atoms with van der Waals surface area (Å²) in [7, 11) is 0. The van der Waals surface area contributed by atoms with Gasteiger partial charge in [0.1, 0.15) is 5.82 Å². The first-order chi connectivity index (χ1) is 7.97. The van der Waals surface area contributed by atoms with Gasteiger partial charge < -0.3 is 10.2 Å². The summed E-state index contributed by atoms with van der Waals surface area (Å²) in [5, 5.41) is 3.09. The zero-order valence-electron chi connectivity index (χ0n) is 9.02. The lowest BCUT2D eigenvalue weighted by Crippen LogP contribution is -2.43. The maximum atomic E-state index is 13.2. The molecule has 0 aromatic heterocycles. The summed E-state index contributed by atoms with van der Waals surface area (Å²) in [5.74, 6) is -0.853.